The summed E-state index contributed by atoms with van der Waals surface area (Å²) >= 11 is 3.53. The molecule has 3 aromatic rings. The first kappa shape index (κ1) is 22.3. The van der Waals surface area contributed by atoms with Crippen LogP contribution in [0.25, 0.3) is 0 Å². The van der Waals surface area contributed by atoms with Gasteiger partial charge in [-0.2, -0.15) is 0 Å². The lowest BCUT2D eigenvalue weighted by Crippen LogP contribution is -2.35. The zero-order valence-electron chi connectivity index (χ0n) is 18.7. The SMILES string of the molecule is CCc1cc(Br)cc(C)c1NC(=O)c1ccc2c(c1)CCCN2C(=O)c1cccc(C)c1. The highest BCUT2D eigenvalue weighted by Crippen LogP contribution is 2.31. The molecule has 164 valence electrons. The molecule has 1 aliphatic rings. The molecular weight excluding hydrogens is 464 g/mol. The van der Waals surface area contributed by atoms with Gasteiger partial charge in [-0.15, -0.1) is 0 Å². The summed E-state index contributed by atoms with van der Waals surface area (Å²) in [4.78, 5) is 28.1. The lowest BCUT2D eigenvalue weighted by atomic mass is 9.97. The third-order valence-electron chi connectivity index (χ3n) is 5.97. The minimum Gasteiger partial charge on any atom is -0.321 e. The van der Waals surface area contributed by atoms with Crippen molar-refractivity contribution in [2.24, 2.45) is 0 Å². The molecule has 1 N–H and O–H groups in total. The van der Waals surface area contributed by atoms with Crippen molar-refractivity contribution in [1.29, 1.82) is 0 Å². The number of carbonyl (C=O) groups is 2. The normalized spacial score (nSPS) is 12.9. The molecule has 2 amide bonds. The van der Waals surface area contributed by atoms with Crippen LogP contribution < -0.4 is 10.2 Å². The fourth-order valence-electron chi connectivity index (χ4n) is 4.34. The van der Waals surface area contributed by atoms with Crippen LogP contribution in [0.15, 0.2) is 59.1 Å². The van der Waals surface area contributed by atoms with Crippen LogP contribution in [0.2, 0.25) is 0 Å². The summed E-state index contributed by atoms with van der Waals surface area (Å²) in [6.45, 7) is 6.75. The van der Waals surface area contributed by atoms with Crippen LogP contribution >= 0.6 is 15.9 Å². The van der Waals surface area contributed by atoms with Crippen molar-refractivity contribution in [1.82, 2.24) is 0 Å². The topological polar surface area (TPSA) is 49.4 Å². The van der Waals surface area contributed by atoms with Crippen LogP contribution in [0.3, 0.4) is 0 Å². The Hall–Kier alpha value is -2.92. The minimum absolute atomic E-state index is 0.00456. The molecule has 0 fully saturated rings. The minimum atomic E-state index is -0.130. The first-order valence-corrected chi connectivity index (χ1v) is 11.8. The maximum Gasteiger partial charge on any atom is 0.258 e. The van der Waals surface area contributed by atoms with Crippen molar-refractivity contribution in [3.05, 3.63) is 92.5 Å². The Bertz CT molecular complexity index is 1200. The van der Waals surface area contributed by atoms with Gasteiger partial charge in [0.25, 0.3) is 11.8 Å². The molecule has 4 rings (SSSR count). The number of benzene rings is 3. The van der Waals surface area contributed by atoms with Gasteiger partial charge < -0.3 is 10.2 Å². The number of nitrogens with zero attached hydrogens (tertiary/aromatic N) is 1. The third-order valence-corrected chi connectivity index (χ3v) is 6.43. The van der Waals surface area contributed by atoms with Gasteiger partial charge in [-0.05, 0) is 92.3 Å². The molecule has 0 bridgehead atoms. The number of carbonyl (C=O) groups excluding carboxylic acids is 2. The number of hydrogen-bond acceptors (Lipinski definition) is 2. The number of halogens is 1. The third kappa shape index (κ3) is 4.49. The van der Waals surface area contributed by atoms with E-state index in [1.807, 2.05) is 73.3 Å². The number of aryl methyl sites for hydroxylation is 4. The van der Waals surface area contributed by atoms with E-state index in [1.54, 1.807) is 0 Å². The van der Waals surface area contributed by atoms with Crippen molar-refractivity contribution < 1.29 is 9.59 Å². The first-order valence-electron chi connectivity index (χ1n) is 11.0. The fraction of sp³-hybridized carbons (Fsp3) is 0.259. The summed E-state index contributed by atoms with van der Waals surface area (Å²) in [5, 5.41) is 3.11. The van der Waals surface area contributed by atoms with E-state index in [0.717, 1.165) is 57.4 Å². The van der Waals surface area contributed by atoms with E-state index in [4.69, 9.17) is 0 Å². The molecule has 0 unspecified atom stereocenters. The Morgan fingerprint density at radius 2 is 1.84 bits per heavy atom. The Morgan fingerprint density at radius 1 is 1.03 bits per heavy atom. The van der Waals surface area contributed by atoms with Crippen LogP contribution in [0.4, 0.5) is 11.4 Å². The highest BCUT2D eigenvalue weighted by Gasteiger charge is 2.25. The van der Waals surface area contributed by atoms with Gasteiger partial charge in [-0.3, -0.25) is 9.59 Å². The predicted octanol–water partition coefficient (Wildman–Crippen LogP) is 6.47. The summed E-state index contributed by atoms with van der Waals surface area (Å²) < 4.78 is 1.01. The van der Waals surface area contributed by atoms with Gasteiger partial charge in [-0.25, -0.2) is 0 Å². The number of rotatable bonds is 4. The molecule has 5 heteroatoms. The molecule has 3 aromatic carbocycles. The molecule has 1 aliphatic heterocycles. The fourth-order valence-corrected chi connectivity index (χ4v) is 4.96. The zero-order chi connectivity index (χ0) is 22.8. The lowest BCUT2D eigenvalue weighted by Gasteiger charge is -2.30. The van der Waals surface area contributed by atoms with Crippen LogP contribution in [0, 0.1) is 13.8 Å². The quantitative estimate of drug-likeness (QED) is 0.455. The van der Waals surface area contributed by atoms with E-state index in [-0.39, 0.29) is 11.8 Å². The smallest absolute Gasteiger partial charge is 0.258 e. The van der Waals surface area contributed by atoms with Crippen molar-refractivity contribution in [2.45, 2.75) is 40.0 Å². The molecular formula is C27H27BrN2O2. The van der Waals surface area contributed by atoms with Gasteiger partial charge >= 0.3 is 0 Å². The van der Waals surface area contributed by atoms with Crippen LogP contribution in [0.1, 0.15) is 56.3 Å². The first-order chi connectivity index (χ1) is 15.4. The lowest BCUT2D eigenvalue weighted by molar-refractivity contribution is 0.0984. The molecule has 1 heterocycles. The number of nitrogens with one attached hydrogen (secondary N) is 1. The standard InChI is InChI=1S/C27H27BrN2O2/c1-4-19-16-23(28)14-18(3)25(19)29-26(31)21-10-11-24-20(15-21)9-6-12-30(24)27(32)22-8-5-7-17(2)13-22/h5,7-8,10-11,13-16H,4,6,9,12H2,1-3H3,(H,29,31). The van der Waals surface area contributed by atoms with E-state index in [9.17, 15) is 9.59 Å². The highest BCUT2D eigenvalue weighted by molar-refractivity contribution is 9.10. The molecule has 0 saturated carbocycles. The van der Waals surface area contributed by atoms with Crippen molar-refractivity contribution in [3.63, 3.8) is 0 Å². The molecule has 0 atom stereocenters. The Kier molecular flexibility index (Phi) is 6.47. The Morgan fingerprint density at radius 3 is 2.59 bits per heavy atom. The molecule has 0 aromatic heterocycles. The average molecular weight is 491 g/mol. The monoisotopic (exact) mass is 490 g/mol. The summed E-state index contributed by atoms with van der Waals surface area (Å²) in [6.07, 6.45) is 2.56. The molecule has 32 heavy (non-hydrogen) atoms. The maximum atomic E-state index is 13.2. The molecule has 4 nitrogen and oxygen atoms in total. The number of fused-ring (bicyclic) bond motifs is 1. The molecule has 0 radical (unpaired) electrons. The predicted molar refractivity (Wildman–Crippen MR) is 134 cm³/mol. The highest BCUT2D eigenvalue weighted by atomic mass is 79.9. The van der Waals surface area contributed by atoms with Crippen LogP contribution in [-0.2, 0) is 12.8 Å². The Labute approximate surface area is 197 Å². The summed E-state index contributed by atoms with van der Waals surface area (Å²) in [7, 11) is 0. The second-order valence-corrected chi connectivity index (χ2v) is 9.25. The summed E-state index contributed by atoms with van der Waals surface area (Å²) in [5.74, 6) is -0.125. The van der Waals surface area contributed by atoms with E-state index in [2.05, 4.69) is 28.2 Å². The molecule has 0 spiro atoms. The van der Waals surface area contributed by atoms with Gasteiger partial charge in [0.2, 0.25) is 0 Å². The van der Waals surface area contributed by atoms with E-state index in [1.165, 1.54) is 0 Å². The van der Waals surface area contributed by atoms with Crippen LogP contribution in [-0.4, -0.2) is 18.4 Å². The number of hydrogen-bond donors (Lipinski definition) is 1. The van der Waals surface area contributed by atoms with Gasteiger partial charge in [-0.1, -0.05) is 40.5 Å². The second-order valence-electron chi connectivity index (χ2n) is 8.34. The van der Waals surface area contributed by atoms with Crippen molar-refractivity contribution >= 4 is 39.1 Å². The maximum absolute atomic E-state index is 13.2. The average Bonchev–Trinajstić information content (AvgIpc) is 2.79. The largest absolute Gasteiger partial charge is 0.321 e. The van der Waals surface area contributed by atoms with Crippen molar-refractivity contribution in [2.75, 3.05) is 16.8 Å². The summed E-state index contributed by atoms with van der Waals surface area (Å²) in [5.41, 5.74) is 7.29. The van der Waals surface area contributed by atoms with Crippen LogP contribution in [0.5, 0.6) is 0 Å². The van der Waals surface area contributed by atoms with Gasteiger partial charge in [0.1, 0.15) is 0 Å². The van der Waals surface area contributed by atoms with Gasteiger partial charge in [0, 0.05) is 33.5 Å². The number of anilines is 2. The summed E-state index contributed by atoms with van der Waals surface area (Å²) in [6, 6.07) is 17.4. The van der Waals surface area contributed by atoms with Gasteiger partial charge in [0.05, 0.1) is 0 Å². The zero-order valence-corrected chi connectivity index (χ0v) is 20.3. The molecule has 0 aliphatic carbocycles. The van der Waals surface area contributed by atoms with E-state index >= 15 is 0 Å². The van der Waals surface area contributed by atoms with Gasteiger partial charge in [0.15, 0.2) is 0 Å². The second kappa shape index (κ2) is 9.29. The van der Waals surface area contributed by atoms with E-state index < -0.39 is 0 Å². The van der Waals surface area contributed by atoms with E-state index in [0.29, 0.717) is 17.7 Å². The Balaban J connectivity index is 1.60. The molecule has 0 saturated heterocycles. The number of amides is 2. The van der Waals surface area contributed by atoms with Crippen molar-refractivity contribution in [3.8, 4) is 0 Å².